The summed E-state index contributed by atoms with van der Waals surface area (Å²) in [6, 6.07) is 0. The van der Waals surface area contributed by atoms with Gasteiger partial charge in [-0.15, -0.1) is 11.6 Å². The second kappa shape index (κ2) is 4.95. The highest BCUT2D eigenvalue weighted by Gasteiger charge is 2.22. The molecule has 0 aromatic heterocycles. The van der Waals surface area contributed by atoms with Crippen molar-refractivity contribution in [1.82, 2.24) is 10.2 Å². The minimum Gasteiger partial charge on any atom is -0.333 e. The van der Waals surface area contributed by atoms with Crippen molar-refractivity contribution < 1.29 is 14.4 Å². The molecule has 0 unspecified atom stereocenters. The van der Waals surface area contributed by atoms with E-state index in [1.54, 1.807) is 0 Å². The molecule has 0 saturated carbocycles. The molecule has 0 radical (unpaired) electrons. The maximum atomic E-state index is 11.1. The average Bonchev–Trinajstić information content (AvgIpc) is 2.51. The molecule has 6 heteroatoms. The number of imide groups is 1. The second-order valence-electron chi connectivity index (χ2n) is 3.02. The van der Waals surface area contributed by atoms with Crippen molar-refractivity contribution in [3.8, 4) is 0 Å². The van der Waals surface area contributed by atoms with E-state index in [4.69, 9.17) is 11.6 Å². The number of hydrogen-bond donors (Lipinski definition) is 1. The molecule has 5 nitrogen and oxygen atoms in total. The topological polar surface area (TPSA) is 66.5 Å². The van der Waals surface area contributed by atoms with Gasteiger partial charge in [-0.3, -0.25) is 19.7 Å². The first-order valence-corrected chi connectivity index (χ1v) is 4.83. The van der Waals surface area contributed by atoms with E-state index in [1.807, 2.05) is 0 Å². The largest absolute Gasteiger partial charge is 0.333 e. The van der Waals surface area contributed by atoms with Gasteiger partial charge in [-0.25, -0.2) is 0 Å². The van der Waals surface area contributed by atoms with Crippen molar-refractivity contribution in [2.24, 2.45) is 0 Å². The highest BCUT2D eigenvalue weighted by atomic mass is 35.5. The standard InChI is InChI=1S/C8H11ClN2O3/c9-4-6(12)10-7(13)5-11-3-1-2-8(11)14/h1-5H2,(H,10,12,13). The molecule has 0 aromatic carbocycles. The van der Waals surface area contributed by atoms with Crippen LogP contribution < -0.4 is 5.32 Å². The summed E-state index contributed by atoms with van der Waals surface area (Å²) >= 11 is 5.20. The summed E-state index contributed by atoms with van der Waals surface area (Å²) in [7, 11) is 0. The molecule has 1 N–H and O–H groups in total. The Labute approximate surface area is 86.4 Å². The lowest BCUT2D eigenvalue weighted by molar-refractivity contribution is -0.135. The molecular formula is C8H11ClN2O3. The third kappa shape index (κ3) is 2.99. The van der Waals surface area contributed by atoms with E-state index in [-0.39, 0.29) is 18.3 Å². The minimum absolute atomic E-state index is 0.0431. The number of nitrogens with one attached hydrogen (secondary N) is 1. The molecule has 1 fully saturated rings. The molecule has 0 bridgehead atoms. The fourth-order valence-electron chi connectivity index (χ4n) is 1.27. The molecule has 0 spiro atoms. The van der Waals surface area contributed by atoms with E-state index in [9.17, 15) is 14.4 Å². The smallest absolute Gasteiger partial charge is 0.246 e. The summed E-state index contributed by atoms with van der Waals surface area (Å²) in [5, 5.41) is 2.07. The third-order valence-corrected chi connectivity index (χ3v) is 2.15. The lowest BCUT2D eigenvalue weighted by Gasteiger charge is -2.13. The van der Waals surface area contributed by atoms with Crippen LogP contribution in [0.25, 0.3) is 0 Å². The molecule has 78 valence electrons. The van der Waals surface area contributed by atoms with Gasteiger partial charge in [0.15, 0.2) is 0 Å². The number of carbonyl (C=O) groups excluding carboxylic acids is 3. The lowest BCUT2D eigenvalue weighted by Crippen LogP contribution is -2.40. The molecule has 1 heterocycles. The van der Waals surface area contributed by atoms with Gasteiger partial charge in [-0.05, 0) is 6.42 Å². The van der Waals surface area contributed by atoms with Crippen LogP contribution in [0.1, 0.15) is 12.8 Å². The van der Waals surface area contributed by atoms with Gasteiger partial charge < -0.3 is 4.90 Å². The first-order valence-electron chi connectivity index (χ1n) is 4.30. The Morgan fingerprint density at radius 3 is 2.64 bits per heavy atom. The number of amides is 3. The number of hydrogen-bond acceptors (Lipinski definition) is 3. The number of halogens is 1. The van der Waals surface area contributed by atoms with E-state index in [2.05, 4.69) is 5.32 Å². The Hall–Kier alpha value is -1.10. The van der Waals surface area contributed by atoms with Crippen molar-refractivity contribution >= 4 is 29.3 Å². The number of nitrogens with zero attached hydrogens (tertiary/aromatic N) is 1. The van der Waals surface area contributed by atoms with Crippen molar-refractivity contribution in [3.63, 3.8) is 0 Å². The summed E-state index contributed by atoms with van der Waals surface area (Å²) in [5.74, 6) is -1.31. The molecular weight excluding hydrogens is 208 g/mol. The van der Waals surface area contributed by atoms with Gasteiger partial charge in [0.25, 0.3) is 0 Å². The number of likely N-dealkylation sites (tertiary alicyclic amines) is 1. The fraction of sp³-hybridized carbons (Fsp3) is 0.625. The Bertz CT molecular complexity index is 267. The highest BCUT2D eigenvalue weighted by molar-refractivity contribution is 6.28. The summed E-state index contributed by atoms with van der Waals surface area (Å²) < 4.78 is 0. The molecule has 14 heavy (non-hydrogen) atoms. The predicted molar refractivity (Wildman–Crippen MR) is 49.7 cm³/mol. The molecule has 0 aliphatic carbocycles. The van der Waals surface area contributed by atoms with E-state index in [0.717, 1.165) is 6.42 Å². The van der Waals surface area contributed by atoms with Crippen LogP contribution in [0.2, 0.25) is 0 Å². The van der Waals surface area contributed by atoms with Gasteiger partial charge in [0.1, 0.15) is 5.88 Å². The van der Waals surface area contributed by atoms with Crippen LogP contribution in [0.5, 0.6) is 0 Å². The Morgan fingerprint density at radius 2 is 2.14 bits per heavy atom. The van der Waals surface area contributed by atoms with E-state index < -0.39 is 11.8 Å². The summed E-state index contributed by atoms with van der Waals surface area (Å²) in [6.45, 7) is 0.531. The van der Waals surface area contributed by atoms with Crippen LogP contribution in [-0.2, 0) is 14.4 Å². The van der Waals surface area contributed by atoms with Crippen molar-refractivity contribution in [2.75, 3.05) is 19.0 Å². The third-order valence-electron chi connectivity index (χ3n) is 1.91. The first-order chi connectivity index (χ1) is 6.63. The molecule has 1 aliphatic heterocycles. The summed E-state index contributed by atoms with van der Waals surface area (Å²) in [4.78, 5) is 34.4. The van der Waals surface area contributed by atoms with Gasteiger partial charge in [0.2, 0.25) is 17.7 Å². The van der Waals surface area contributed by atoms with Gasteiger partial charge in [0.05, 0.1) is 6.54 Å². The zero-order chi connectivity index (χ0) is 10.6. The Balaban J connectivity index is 2.33. The number of rotatable bonds is 3. The Kier molecular flexibility index (Phi) is 3.88. The van der Waals surface area contributed by atoms with Gasteiger partial charge in [0, 0.05) is 13.0 Å². The number of alkyl halides is 1. The van der Waals surface area contributed by atoms with Gasteiger partial charge >= 0.3 is 0 Å². The molecule has 0 aromatic rings. The lowest BCUT2D eigenvalue weighted by atomic mass is 10.4. The average molecular weight is 219 g/mol. The minimum atomic E-state index is -0.539. The number of carbonyl (C=O) groups is 3. The van der Waals surface area contributed by atoms with E-state index in [0.29, 0.717) is 13.0 Å². The highest BCUT2D eigenvalue weighted by Crippen LogP contribution is 2.08. The van der Waals surface area contributed by atoms with Crippen molar-refractivity contribution in [2.45, 2.75) is 12.8 Å². The van der Waals surface area contributed by atoms with E-state index in [1.165, 1.54) is 4.90 Å². The molecule has 1 saturated heterocycles. The van der Waals surface area contributed by atoms with Crippen LogP contribution in [-0.4, -0.2) is 41.6 Å². The predicted octanol–water partition coefficient (Wildman–Crippen LogP) is -0.510. The van der Waals surface area contributed by atoms with Crippen LogP contribution in [0.4, 0.5) is 0 Å². The van der Waals surface area contributed by atoms with E-state index >= 15 is 0 Å². The maximum Gasteiger partial charge on any atom is 0.246 e. The molecule has 1 rings (SSSR count). The molecule has 0 atom stereocenters. The van der Waals surface area contributed by atoms with Crippen LogP contribution in [0.15, 0.2) is 0 Å². The van der Waals surface area contributed by atoms with Crippen LogP contribution in [0.3, 0.4) is 0 Å². The molecule has 1 aliphatic rings. The zero-order valence-corrected chi connectivity index (χ0v) is 8.34. The SMILES string of the molecule is O=C(CCl)NC(=O)CN1CCCC1=O. The summed E-state index contributed by atoms with van der Waals surface area (Å²) in [6.07, 6.45) is 1.26. The van der Waals surface area contributed by atoms with Crippen molar-refractivity contribution in [1.29, 1.82) is 0 Å². The summed E-state index contributed by atoms with van der Waals surface area (Å²) in [5.41, 5.74) is 0. The Morgan fingerprint density at radius 1 is 1.43 bits per heavy atom. The van der Waals surface area contributed by atoms with Gasteiger partial charge in [-0.1, -0.05) is 0 Å². The maximum absolute atomic E-state index is 11.1. The quantitative estimate of drug-likeness (QED) is 0.649. The van der Waals surface area contributed by atoms with Crippen LogP contribution >= 0.6 is 11.6 Å². The van der Waals surface area contributed by atoms with Gasteiger partial charge in [-0.2, -0.15) is 0 Å². The van der Waals surface area contributed by atoms with Crippen LogP contribution in [0, 0.1) is 0 Å². The molecule has 3 amide bonds. The fourth-order valence-corrected chi connectivity index (χ4v) is 1.34. The zero-order valence-electron chi connectivity index (χ0n) is 7.59. The second-order valence-corrected chi connectivity index (χ2v) is 3.29. The van der Waals surface area contributed by atoms with Crippen molar-refractivity contribution in [3.05, 3.63) is 0 Å². The monoisotopic (exact) mass is 218 g/mol. The first kappa shape index (κ1) is 11.0. The normalized spacial score (nSPS) is 15.8.